The second kappa shape index (κ2) is 12.9. The topological polar surface area (TPSA) is 116 Å². The van der Waals surface area contributed by atoms with Crippen molar-refractivity contribution in [2.24, 2.45) is 10.8 Å². The molecule has 312 valence electrons. The lowest BCUT2D eigenvalue weighted by molar-refractivity contribution is -0.275. The van der Waals surface area contributed by atoms with Gasteiger partial charge in [0.2, 0.25) is 0 Å². The van der Waals surface area contributed by atoms with Gasteiger partial charge in [0.05, 0.1) is 5.69 Å². The first kappa shape index (κ1) is 40.1. The zero-order valence-corrected chi connectivity index (χ0v) is 31.2. The van der Waals surface area contributed by atoms with Crippen LogP contribution < -0.4 is 15.0 Å². The molecule has 2 unspecified atom stereocenters. The number of carbonyl (C=O) groups excluding carboxylic acids is 2. The van der Waals surface area contributed by atoms with Crippen molar-refractivity contribution in [1.82, 2.24) is 20.4 Å². The predicted octanol–water partition coefficient (Wildman–Crippen LogP) is 10.5. The fourth-order valence-corrected chi connectivity index (χ4v) is 8.87. The van der Waals surface area contributed by atoms with Crippen LogP contribution in [-0.4, -0.2) is 38.3 Å². The summed E-state index contributed by atoms with van der Waals surface area (Å²) in [5, 5.41) is 14.3. The maximum atomic E-state index is 16.9. The summed E-state index contributed by atoms with van der Waals surface area (Å²) in [4.78, 5) is 28.9. The molecule has 0 saturated heterocycles. The highest BCUT2D eigenvalue weighted by Crippen LogP contribution is 2.58. The van der Waals surface area contributed by atoms with E-state index in [0.717, 1.165) is 23.1 Å². The van der Waals surface area contributed by atoms with E-state index in [1.165, 1.54) is 0 Å². The lowest BCUT2D eigenvalue weighted by atomic mass is 9.68. The Hall–Kier alpha value is -5.69. The minimum atomic E-state index is -5.39. The smallest absolute Gasteiger partial charge is 0.405 e. The third-order valence-electron chi connectivity index (χ3n) is 10.9. The number of aromatic amines is 2. The third-order valence-corrected chi connectivity index (χ3v) is 10.9. The molecule has 9 nitrogen and oxygen atoms in total. The zero-order valence-electron chi connectivity index (χ0n) is 31.2. The first-order valence-electron chi connectivity index (χ1n) is 18.0. The molecule has 20 heteroatoms. The number of hydrogen-bond donors (Lipinski definition) is 3. The lowest BCUT2D eigenvalue weighted by Crippen LogP contribution is -2.38. The normalized spacial score (nSPS) is 21.5. The van der Waals surface area contributed by atoms with Crippen LogP contribution in [0.5, 0.6) is 5.75 Å². The summed E-state index contributed by atoms with van der Waals surface area (Å²) in [6.45, 7) is 6.83. The second-order valence-electron chi connectivity index (χ2n) is 16.6. The van der Waals surface area contributed by atoms with Gasteiger partial charge in [-0.15, -0.1) is 13.2 Å². The highest BCUT2D eigenvalue weighted by molar-refractivity contribution is 6.03. The summed E-state index contributed by atoms with van der Waals surface area (Å²) >= 11 is 0. The van der Waals surface area contributed by atoms with Crippen molar-refractivity contribution in [3.05, 3.63) is 104 Å². The van der Waals surface area contributed by atoms with E-state index in [9.17, 15) is 53.5 Å². The number of ether oxygens (including phenoxy) is 1. The van der Waals surface area contributed by atoms with E-state index in [0.29, 0.717) is 18.2 Å². The van der Waals surface area contributed by atoms with Gasteiger partial charge in [0, 0.05) is 69.5 Å². The summed E-state index contributed by atoms with van der Waals surface area (Å²) in [5.74, 6) is -9.43. The molecule has 0 amide bonds. The number of carbonyl (C=O) groups is 2. The average molecular weight is 841 g/mol. The number of ketones is 2. The van der Waals surface area contributed by atoms with E-state index in [4.69, 9.17) is 0 Å². The van der Waals surface area contributed by atoms with Gasteiger partial charge in [0.15, 0.2) is 23.2 Å². The highest BCUT2D eigenvalue weighted by Gasteiger charge is 2.52. The Balaban J connectivity index is 1.36. The molecule has 59 heavy (non-hydrogen) atoms. The van der Waals surface area contributed by atoms with Crippen molar-refractivity contribution in [2.45, 2.75) is 83.9 Å². The van der Waals surface area contributed by atoms with E-state index >= 15 is 4.39 Å². The quantitative estimate of drug-likeness (QED) is 0.175. The van der Waals surface area contributed by atoms with Gasteiger partial charge in [-0.05, 0) is 54.0 Å². The highest BCUT2D eigenvalue weighted by atomic mass is 19.4. The van der Waals surface area contributed by atoms with Crippen LogP contribution in [0.1, 0.15) is 98.9 Å². The van der Waals surface area contributed by atoms with Gasteiger partial charge in [-0.3, -0.25) is 24.7 Å². The number of rotatable bonds is 4. The number of allylic oxidation sites excluding steroid dienone is 4. The van der Waals surface area contributed by atoms with Crippen molar-refractivity contribution in [3.63, 3.8) is 0 Å². The van der Waals surface area contributed by atoms with Crippen LogP contribution in [-0.2, 0) is 21.9 Å². The Kier molecular flexibility index (Phi) is 8.77. The number of nitrogens with zero attached hydrogens (tertiary/aromatic N) is 3. The Morgan fingerprint density at radius 3 is 1.93 bits per heavy atom. The molecular formula is C39H31F11N6O3. The fourth-order valence-electron chi connectivity index (χ4n) is 8.87. The van der Waals surface area contributed by atoms with Gasteiger partial charge in [0.25, 0.3) is 0 Å². The Labute approximate surface area is 326 Å². The molecule has 0 radical (unpaired) electrons. The van der Waals surface area contributed by atoms with Gasteiger partial charge in [-0.25, -0.2) is 8.78 Å². The number of hydrogen-bond acceptors (Lipinski definition) is 7. The van der Waals surface area contributed by atoms with Crippen molar-refractivity contribution >= 4 is 28.9 Å². The van der Waals surface area contributed by atoms with Crippen molar-refractivity contribution < 1.29 is 62.6 Å². The summed E-state index contributed by atoms with van der Waals surface area (Å²) in [6.07, 6.45) is -16.1. The molecule has 0 bridgehead atoms. The first-order valence-corrected chi connectivity index (χ1v) is 18.0. The maximum absolute atomic E-state index is 16.9. The lowest BCUT2D eigenvalue weighted by Gasteiger charge is -2.43. The van der Waals surface area contributed by atoms with Crippen LogP contribution in [0.25, 0.3) is 0 Å². The second-order valence-corrected chi connectivity index (χ2v) is 16.6. The summed E-state index contributed by atoms with van der Waals surface area (Å²) in [5.41, 5.74) is -7.90. The largest absolute Gasteiger partial charge is 0.573 e. The Morgan fingerprint density at radius 1 is 0.712 bits per heavy atom. The number of benzene rings is 2. The number of aromatic nitrogens is 4. The minimum absolute atomic E-state index is 0.0849. The van der Waals surface area contributed by atoms with Gasteiger partial charge >= 0.3 is 18.7 Å². The first-order chi connectivity index (χ1) is 27.2. The number of nitrogens with one attached hydrogen (secondary N) is 3. The summed E-state index contributed by atoms with van der Waals surface area (Å²) in [7, 11) is 0. The molecule has 4 heterocycles. The van der Waals surface area contributed by atoms with Crippen LogP contribution in [0.3, 0.4) is 0 Å². The van der Waals surface area contributed by atoms with Gasteiger partial charge in [0.1, 0.15) is 28.8 Å². The summed E-state index contributed by atoms with van der Waals surface area (Å²) < 4.78 is 165. The molecule has 2 aliphatic heterocycles. The number of anilines is 3. The molecule has 0 saturated carbocycles. The van der Waals surface area contributed by atoms with Gasteiger partial charge < -0.3 is 10.1 Å². The molecule has 2 aromatic carbocycles. The molecular weight excluding hydrogens is 809 g/mol. The number of Topliss-reactive ketones (excluding diaryl/α,β-unsaturated/α-hetero) is 2. The summed E-state index contributed by atoms with van der Waals surface area (Å²) in [6, 6.07) is 4.71. The average Bonchev–Trinajstić information content (AvgIpc) is 3.71. The predicted molar refractivity (Wildman–Crippen MR) is 186 cm³/mol. The van der Waals surface area contributed by atoms with Crippen molar-refractivity contribution in [1.29, 1.82) is 0 Å². The third kappa shape index (κ3) is 6.82. The van der Waals surface area contributed by atoms with Crippen molar-refractivity contribution in [2.75, 3.05) is 10.2 Å². The van der Waals surface area contributed by atoms with E-state index in [1.54, 1.807) is 27.7 Å². The molecule has 3 N–H and O–H groups in total. The number of halogens is 11. The molecule has 0 fully saturated rings. The Morgan fingerprint density at radius 2 is 1.31 bits per heavy atom. The molecule has 2 aromatic heterocycles. The van der Waals surface area contributed by atoms with E-state index in [2.05, 4.69) is 20.3 Å². The van der Waals surface area contributed by atoms with Crippen LogP contribution in [0.4, 0.5) is 65.6 Å². The zero-order chi connectivity index (χ0) is 42.9. The molecule has 4 aliphatic rings. The number of H-pyrrole nitrogens is 2. The standard InChI is InChI=1S/C39H31F11N6O3/c1-35(2)11-20-27(22(57)13-35)25(29-31(37(42,43)44)52-54-33(29)51-20)17-7-6-16(10-19(17)41)56-21-12-36(3,4)14-23(58)28(21)26(30-32(38(45,46)47)53-55-34(30)56)18-9-15(40)5-8-24(18)59-39(48,49)50/h5-10,25-26H,11-14H2,1-4H3,(H,53,55)(H2,51,52,54). The molecule has 0 spiro atoms. The van der Waals surface area contributed by atoms with Crippen LogP contribution in [0.2, 0.25) is 0 Å². The van der Waals surface area contributed by atoms with Gasteiger partial charge in [-0.1, -0.05) is 33.8 Å². The fraction of sp³-hybridized carbons (Fsp3) is 0.385. The van der Waals surface area contributed by atoms with Crippen molar-refractivity contribution in [3.8, 4) is 5.75 Å². The number of fused-ring (bicyclic) bond motifs is 2. The minimum Gasteiger partial charge on any atom is -0.405 e. The molecule has 4 aromatic rings. The van der Waals surface area contributed by atoms with Crippen LogP contribution in [0, 0.1) is 22.5 Å². The molecule has 2 aliphatic carbocycles. The van der Waals surface area contributed by atoms with Crippen LogP contribution >= 0.6 is 0 Å². The SMILES string of the molecule is CC1(C)CC(=O)C2=C(C1)Nc1n[nH]c(C(F)(F)F)c1C2c1ccc(N2C3=C(C(=O)CC(C)(C)C3)C(c3cc(F)ccc3OC(F)(F)F)c3c2n[nH]c3C(F)(F)F)cc1F. The Bertz CT molecular complexity index is 2520. The van der Waals surface area contributed by atoms with Crippen LogP contribution in [0.15, 0.2) is 58.9 Å². The van der Waals surface area contributed by atoms with Gasteiger partial charge in [-0.2, -0.15) is 36.5 Å². The molecule has 8 rings (SSSR count). The molecule has 2 atom stereocenters. The van der Waals surface area contributed by atoms with E-state index < -0.39 is 115 Å². The van der Waals surface area contributed by atoms with E-state index in [1.807, 2.05) is 10.2 Å². The maximum Gasteiger partial charge on any atom is 0.573 e. The number of alkyl halides is 9. The van der Waals surface area contributed by atoms with E-state index in [-0.39, 0.29) is 54.2 Å². The monoisotopic (exact) mass is 840 g/mol.